The normalized spacial score (nSPS) is 29.2. The number of carbonyl (C=O) groups excluding carboxylic acids is 5. The van der Waals surface area contributed by atoms with Crippen molar-refractivity contribution in [3.8, 4) is 0 Å². The molecule has 1 aromatic rings. The summed E-state index contributed by atoms with van der Waals surface area (Å²) in [6, 6.07) is 1.55. The summed E-state index contributed by atoms with van der Waals surface area (Å²) in [4.78, 5) is 65.5. The van der Waals surface area contributed by atoms with E-state index in [4.69, 9.17) is 19.9 Å². The number of rotatable bonds is 5. The van der Waals surface area contributed by atoms with E-state index in [0.717, 1.165) is 6.08 Å². The molecule has 0 spiro atoms. The monoisotopic (exact) mass is 667 g/mol. The first-order valence-corrected chi connectivity index (χ1v) is 15.5. The Hall–Kier alpha value is -4.66. The van der Waals surface area contributed by atoms with Crippen LogP contribution in [0.4, 0.5) is 4.79 Å². The summed E-state index contributed by atoms with van der Waals surface area (Å²) in [6.45, 7) is 8.53. The zero-order valence-corrected chi connectivity index (χ0v) is 28.5. The van der Waals surface area contributed by atoms with Gasteiger partial charge in [-0.25, -0.2) is 4.79 Å². The fraction of sp³-hybridized carbons (Fsp3) is 0.471. The molecule has 1 aromatic heterocycles. The summed E-state index contributed by atoms with van der Waals surface area (Å²) in [5.41, 5.74) is 6.41. The Kier molecular flexibility index (Phi) is 12.9. The maximum Gasteiger partial charge on any atom is 0.405 e. The summed E-state index contributed by atoms with van der Waals surface area (Å²) in [5.74, 6) is -3.46. The smallest absolute Gasteiger partial charge is 0.405 e. The van der Waals surface area contributed by atoms with Crippen molar-refractivity contribution in [1.29, 1.82) is 0 Å². The number of nitrogens with one attached hydrogen (secondary N) is 2. The first-order chi connectivity index (χ1) is 22.6. The van der Waals surface area contributed by atoms with Crippen LogP contribution in [-0.2, 0) is 35.6 Å². The highest BCUT2D eigenvalue weighted by molar-refractivity contribution is 6.24. The molecule has 2 heterocycles. The van der Waals surface area contributed by atoms with Crippen molar-refractivity contribution in [2.24, 2.45) is 24.6 Å². The van der Waals surface area contributed by atoms with Gasteiger partial charge in [0.15, 0.2) is 6.10 Å². The van der Waals surface area contributed by atoms with E-state index in [1.807, 2.05) is 6.92 Å². The molecule has 0 unspecified atom stereocenters. The van der Waals surface area contributed by atoms with Gasteiger partial charge in [0.05, 0.1) is 29.3 Å². The standard InChI is InChI=1S/C34H45N5O9/c1-17-12-22-28(37-33(44)24-15-21(5)38-39(24)6)25(40)16-23(30(22)42)36-32(43)18(2)10-9-11-26(46-7)31(48-34(35)45)20(4)14-19(3)29(41)27(13-17)47-8/h9-11,14-17,19,26-27,29,31,41H,12-13H2,1-8H3,(H2,35,45)(H,36,43)(H,37,44)/b11-9-,18-10+,20-14+/t17-,19+,26+,27+,29-,31+/m1/s1. The molecule has 0 aromatic carbocycles. The molecule has 2 aliphatic rings. The number of nitrogens with two attached hydrogens (primary N) is 1. The van der Waals surface area contributed by atoms with E-state index in [0.29, 0.717) is 11.3 Å². The predicted molar refractivity (Wildman–Crippen MR) is 175 cm³/mol. The second-order valence-electron chi connectivity index (χ2n) is 12.2. The number of amides is 3. The topological polar surface area (TPSA) is 201 Å². The fourth-order valence-corrected chi connectivity index (χ4v) is 5.72. The number of aromatic nitrogens is 2. The van der Waals surface area contributed by atoms with Crippen LogP contribution >= 0.6 is 0 Å². The van der Waals surface area contributed by atoms with Crippen molar-refractivity contribution in [2.45, 2.75) is 71.9 Å². The van der Waals surface area contributed by atoms with Crippen molar-refractivity contribution in [3.63, 3.8) is 0 Å². The number of allylic oxidation sites excluding steroid dienone is 4. The summed E-state index contributed by atoms with van der Waals surface area (Å²) in [6.07, 6.45) is 2.96. The number of Topliss-reactive ketones (excluding diaryl/α,β-unsaturated/α-hetero) is 1. The lowest BCUT2D eigenvalue weighted by atomic mass is 9.85. The van der Waals surface area contributed by atoms with Crippen molar-refractivity contribution in [1.82, 2.24) is 20.4 Å². The molecular formula is C34H45N5O9. The van der Waals surface area contributed by atoms with E-state index in [2.05, 4.69) is 15.7 Å². The summed E-state index contributed by atoms with van der Waals surface area (Å²) in [5, 5.41) is 20.6. The van der Waals surface area contributed by atoms with Crippen LogP contribution in [0, 0.1) is 18.8 Å². The number of fused-ring (bicyclic) bond motifs is 2. The van der Waals surface area contributed by atoms with Crippen molar-refractivity contribution < 1.29 is 43.3 Å². The minimum atomic E-state index is -1.04. The number of primary amides is 1. The van der Waals surface area contributed by atoms with Crippen molar-refractivity contribution >= 4 is 29.5 Å². The second kappa shape index (κ2) is 16.4. The van der Waals surface area contributed by atoms with E-state index in [1.165, 1.54) is 38.0 Å². The Morgan fingerprint density at radius 3 is 2.40 bits per heavy atom. The van der Waals surface area contributed by atoms with Gasteiger partial charge in [-0.1, -0.05) is 38.2 Å². The summed E-state index contributed by atoms with van der Waals surface area (Å²) in [7, 11) is 4.45. The minimum Gasteiger partial charge on any atom is -0.439 e. The molecule has 1 aliphatic heterocycles. The third-order valence-corrected chi connectivity index (χ3v) is 8.27. The van der Waals surface area contributed by atoms with Gasteiger partial charge in [-0.15, -0.1) is 0 Å². The van der Waals surface area contributed by atoms with Crippen molar-refractivity contribution in [3.05, 3.63) is 75.9 Å². The number of nitrogens with zero attached hydrogens (tertiary/aromatic N) is 2. The van der Waals surface area contributed by atoms with E-state index < -0.39 is 59.8 Å². The molecule has 0 saturated carbocycles. The van der Waals surface area contributed by atoms with E-state index in [1.54, 1.807) is 46.0 Å². The molecular weight excluding hydrogens is 622 g/mol. The Morgan fingerprint density at radius 1 is 1.12 bits per heavy atom. The Morgan fingerprint density at radius 2 is 1.81 bits per heavy atom. The van der Waals surface area contributed by atoms with Gasteiger partial charge in [-0.3, -0.25) is 23.9 Å². The minimum absolute atomic E-state index is 0.000467. The van der Waals surface area contributed by atoms with E-state index in [-0.39, 0.29) is 47.0 Å². The molecule has 1 aliphatic carbocycles. The molecule has 0 fully saturated rings. The van der Waals surface area contributed by atoms with Crippen LogP contribution in [0.15, 0.2) is 64.6 Å². The highest BCUT2D eigenvalue weighted by Gasteiger charge is 2.34. The first-order valence-electron chi connectivity index (χ1n) is 15.5. The maximum absolute atomic E-state index is 13.9. The molecule has 48 heavy (non-hydrogen) atoms. The molecule has 0 saturated heterocycles. The average Bonchev–Trinajstić information content (AvgIpc) is 3.37. The summed E-state index contributed by atoms with van der Waals surface area (Å²) < 4.78 is 18.0. The van der Waals surface area contributed by atoms with Gasteiger partial charge in [0.25, 0.3) is 11.8 Å². The van der Waals surface area contributed by atoms with Gasteiger partial charge in [0.1, 0.15) is 11.8 Å². The molecule has 260 valence electrons. The van der Waals surface area contributed by atoms with E-state index in [9.17, 15) is 29.1 Å². The lowest BCUT2D eigenvalue weighted by Gasteiger charge is -2.30. The average molecular weight is 668 g/mol. The molecule has 14 heteroatoms. The molecule has 6 atom stereocenters. The number of ether oxygens (including phenoxy) is 3. The molecule has 5 N–H and O–H groups in total. The van der Waals surface area contributed by atoms with Crippen LogP contribution in [0.25, 0.3) is 0 Å². The van der Waals surface area contributed by atoms with Gasteiger partial charge < -0.3 is 35.7 Å². The number of hydrogen-bond acceptors (Lipinski definition) is 10. The zero-order valence-electron chi connectivity index (χ0n) is 28.5. The number of hydrogen-bond donors (Lipinski definition) is 4. The molecule has 0 radical (unpaired) electrons. The van der Waals surface area contributed by atoms with Crippen LogP contribution in [0.1, 0.15) is 56.7 Å². The largest absolute Gasteiger partial charge is 0.439 e. The number of aliphatic hydroxyl groups excluding tert-OH is 1. The highest BCUT2D eigenvalue weighted by Crippen LogP contribution is 2.29. The Labute approximate surface area is 279 Å². The van der Waals surface area contributed by atoms with Gasteiger partial charge in [-0.2, -0.15) is 5.10 Å². The first kappa shape index (κ1) is 37.8. The van der Waals surface area contributed by atoms with Gasteiger partial charge in [0.2, 0.25) is 11.6 Å². The third-order valence-electron chi connectivity index (χ3n) is 8.27. The fourth-order valence-electron chi connectivity index (χ4n) is 5.72. The second-order valence-corrected chi connectivity index (χ2v) is 12.2. The van der Waals surface area contributed by atoms with Crippen LogP contribution in [0.3, 0.4) is 0 Å². The number of aryl methyl sites for hydroxylation is 2. The number of methoxy groups -OCH3 is 2. The lowest BCUT2D eigenvalue weighted by molar-refractivity contribution is -0.120. The summed E-state index contributed by atoms with van der Waals surface area (Å²) >= 11 is 0. The molecule has 2 bridgehead atoms. The zero-order chi connectivity index (χ0) is 35.9. The number of carbonyl (C=O) groups is 5. The van der Waals surface area contributed by atoms with Gasteiger partial charge in [0, 0.05) is 44.4 Å². The number of aliphatic hydroxyl groups is 1. The van der Waals surface area contributed by atoms with Crippen molar-refractivity contribution in [2.75, 3.05) is 14.2 Å². The molecule has 3 rings (SSSR count). The number of ketones is 2. The van der Waals surface area contributed by atoms with Crippen LogP contribution in [0.2, 0.25) is 0 Å². The van der Waals surface area contributed by atoms with Crippen LogP contribution < -0.4 is 16.4 Å². The van der Waals surface area contributed by atoms with Gasteiger partial charge >= 0.3 is 6.09 Å². The van der Waals surface area contributed by atoms with Crippen LogP contribution in [-0.4, -0.2) is 83.0 Å². The third kappa shape index (κ3) is 9.24. The highest BCUT2D eigenvalue weighted by atomic mass is 16.6. The maximum atomic E-state index is 13.9. The quantitative estimate of drug-likeness (QED) is 0.267. The molecule has 3 amide bonds. The SMILES string of the molecule is CO[C@H]1/C=C\C=C(/C)C(=O)NC2=CC(=O)C(NC(=O)c3cc(C)nn3C)=C(C[C@@H](C)C[C@H](OC)[C@H](O)[C@@H](C)/C=C(\C)[C@@H]1OC(N)=O)C2=O. The van der Waals surface area contributed by atoms with Gasteiger partial charge in [-0.05, 0) is 51.2 Å². The predicted octanol–water partition coefficient (Wildman–Crippen LogP) is 2.23. The molecule has 14 nitrogen and oxygen atoms in total. The van der Waals surface area contributed by atoms with Crippen LogP contribution in [0.5, 0.6) is 0 Å². The Balaban J connectivity index is 2.10. The Bertz CT molecular complexity index is 1600. The lowest BCUT2D eigenvalue weighted by Crippen LogP contribution is -2.39. The van der Waals surface area contributed by atoms with E-state index >= 15 is 0 Å².